The lowest BCUT2D eigenvalue weighted by molar-refractivity contribution is 0.567. The van der Waals surface area contributed by atoms with Crippen molar-refractivity contribution in [3.8, 4) is 11.8 Å². The topological polar surface area (TPSA) is 30.7 Å². The fourth-order valence-electron chi connectivity index (χ4n) is 2.21. The molecular formula is C18H17N3. The first-order valence-corrected chi connectivity index (χ1v) is 7.24. The van der Waals surface area contributed by atoms with Crippen molar-refractivity contribution in [1.82, 2.24) is 14.8 Å². The average Bonchev–Trinajstić information content (AvgIpc) is 2.94. The molecule has 0 fully saturated rings. The van der Waals surface area contributed by atoms with E-state index < -0.39 is 0 Å². The number of rotatable bonds is 4. The summed E-state index contributed by atoms with van der Waals surface area (Å²) in [7, 11) is 0. The minimum Gasteiger partial charge on any atom is -0.272 e. The summed E-state index contributed by atoms with van der Waals surface area (Å²) in [5, 5.41) is 5.75. The zero-order valence-electron chi connectivity index (χ0n) is 11.9. The molecule has 3 heteroatoms. The quantitative estimate of drug-likeness (QED) is 0.537. The molecule has 3 nitrogen and oxygen atoms in total. The van der Waals surface area contributed by atoms with Gasteiger partial charge in [-0.05, 0) is 37.0 Å². The number of unbranched alkanes of at least 4 members (excludes halogenated alkanes) is 2. The number of nitrogens with zero attached hydrogens (tertiary/aromatic N) is 3. The van der Waals surface area contributed by atoms with E-state index in [1.165, 1.54) is 5.39 Å². The molecule has 0 N–H and O–H groups in total. The Kier molecular flexibility index (Phi) is 4.28. The normalized spacial score (nSPS) is 10.3. The number of hydrogen-bond acceptors (Lipinski definition) is 2. The number of aromatic nitrogens is 3. The summed E-state index contributed by atoms with van der Waals surface area (Å²) in [6.45, 7) is 0.944. The lowest BCUT2D eigenvalue weighted by Gasteiger charge is -1.98. The van der Waals surface area contributed by atoms with Gasteiger partial charge in [-0.1, -0.05) is 30.2 Å². The van der Waals surface area contributed by atoms with E-state index in [9.17, 15) is 0 Å². The highest BCUT2D eigenvalue weighted by Gasteiger charge is 1.98. The fourth-order valence-corrected chi connectivity index (χ4v) is 2.21. The molecule has 3 rings (SSSR count). The minimum atomic E-state index is 0.843. The molecule has 2 aromatic heterocycles. The van der Waals surface area contributed by atoms with Crippen LogP contribution in [0.4, 0.5) is 0 Å². The van der Waals surface area contributed by atoms with E-state index in [1.807, 2.05) is 41.1 Å². The second-order valence-electron chi connectivity index (χ2n) is 4.92. The van der Waals surface area contributed by atoms with Gasteiger partial charge in [-0.25, -0.2) is 4.98 Å². The van der Waals surface area contributed by atoms with Crippen molar-refractivity contribution >= 4 is 10.9 Å². The van der Waals surface area contributed by atoms with E-state index >= 15 is 0 Å². The molecule has 3 aromatic rings. The van der Waals surface area contributed by atoms with Crippen molar-refractivity contribution in [2.75, 3.05) is 0 Å². The first-order chi connectivity index (χ1) is 10.4. The van der Waals surface area contributed by atoms with Gasteiger partial charge >= 0.3 is 0 Å². The number of hydrogen-bond donors (Lipinski definition) is 0. The first-order valence-electron chi connectivity index (χ1n) is 7.24. The van der Waals surface area contributed by atoms with E-state index in [-0.39, 0.29) is 0 Å². The molecule has 21 heavy (non-hydrogen) atoms. The molecule has 2 heterocycles. The molecule has 0 amide bonds. The SMILES string of the molecule is C(#Cc1ccccn1)CCCCn1cc2ccccc2n1. The van der Waals surface area contributed by atoms with Gasteiger partial charge in [-0.15, -0.1) is 0 Å². The molecule has 1 aromatic carbocycles. The summed E-state index contributed by atoms with van der Waals surface area (Å²) in [4.78, 5) is 4.18. The third-order valence-electron chi connectivity index (χ3n) is 3.28. The van der Waals surface area contributed by atoms with Gasteiger partial charge in [-0.3, -0.25) is 4.68 Å². The maximum Gasteiger partial charge on any atom is 0.113 e. The van der Waals surface area contributed by atoms with E-state index in [0.29, 0.717) is 0 Å². The highest BCUT2D eigenvalue weighted by Crippen LogP contribution is 2.11. The lowest BCUT2D eigenvalue weighted by atomic mass is 10.2. The van der Waals surface area contributed by atoms with E-state index in [1.54, 1.807) is 6.20 Å². The highest BCUT2D eigenvalue weighted by molar-refractivity contribution is 5.77. The van der Waals surface area contributed by atoms with Crippen LogP contribution in [-0.2, 0) is 6.54 Å². The van der Waals surface area contributed by atoms with Crippen LogP contribution in [0, 0.1) is 11.8 Å². The van der Waals surface area contributed by atoms with Crippen molar-refractivity contribution in [2.45, 2.75) is 25.8 Å². The van der Waals surface area contributed by atoms with Gasteiger partial charge in [0.1, 0.15) is 5.69 Å². The zero-order valence-corrected chi connectivity index (χ0v) is 11.9. The molecule has 0 aliphatic heterocycles. The Morgan fingerprint density at radius 2 is 1.90 bits per heavy atom. The third-order valence-corrected chi connectivity index (χ3v) is 3.28. The van der Waals surface area contributed by atoms with Crippen LogP contribution in [0.2, 0.25) is 0 Å². The van der Waals surface area contributed by atoms with Gasteiger partial charge in [0.15, 0.2) is 0 Å². The number of fused-ring (bicyclic) bond motifs is 1. The highest BCUT2D eigenvalue weighted by atomic mass is 15.3. The van der Waals surface area contributed by atoms with Gasteiger partial charge in [0.25, 0.3) is 0 Å². The van der Waals surface area contributed by atoms with Crippen LogP contribution >= 0.6 is 0 Å². The Hall–Kier alpha value is -2.60. The maximum atomic E-state index is 4.55. The Balaban J connectivity index is 1.45. The van der Waals surface area contributed by atoms with Gasteiger partial charge in [0.05, 0.1) is 5.52 Å². The standard InChI is InChI=1S/C18H17N3/c1(3-10-17-11-6-7-13-19-17)2-8-14-21-15-16-9-4-5-12-18(16)20-21/h4-7,9,11-13,15H,1-2,8,14H2. The first kappa shape index (κ1) is 13.4. The summed E-state index contributed by atoms with van der Waals surface area (Å²) >= 11 is 0. The molecule has 0 aliphatic carbocycles. The van der Waals surface area contributed by atoms with Crippen LogP contribution in [0.15, 0.2) is 54.9 Å². The predicted octanol–water partition coefficient (Wildman–Crippen LogP) is 3.65. The number of benzene rings is 1. The lowest BCUT2D eigenvalue weighted by Crippen LogP contribution is -1.97. The largest absolute Gasteiger partial charge is 0.272 e. The molecule has 0 atom stereocenters. The molecule has 0 radical (unpaired) electrons. The van der Waals surface area contributed by atoms with Crippen LogP contribution in [-0.4, -0.2) is 14.8 Å². The predicted molar refractivity (Wildman–Crippen MR) is 84.7 cm³/mol. The van der Waals surface area contributed by atoms with Gasteiger partial charge in [0, 0.05) is 30.7 Å². The smallest absolute Gasteiger partial charge is 0.113 e. The molecular weight excluding hydrogens is 258 g/mol. The fraction of sp³-hybridized carbons (Fsp3) is 0.222. The number of pyridine rings is 1. The second-order valence-corrected chi connectivity index (χ2v) is 4.92. The zero-order chi connectivity index (χ0) is 14.3. The molecule has 0 saturated heterocycles. The van der Waals surface area contributed by atoms with Crippen molar-refractivity contribution in [1.29, 1.82) is 0 Å². The Bertz CT molecular complexity index is 730. The van der Waals surface area contributed by atoms with Crippen LogP contribution < -0.4 is 0 Å². The molecule has 0 unspecified atom stereocenters. The molecule has 0 saturated carbocycles. The molecule has 0 spiro atoms. The van der Waals surface area contributed by atoms with Crippen LogP contribution in [0.25, 0.3) is 10.9 Å². The van der Waals surface area contributed by atoms with E-state index in [0.717, 1.165) is 37.0 Å². The van der Waals surface area contributed by atoms with Crippen LogP contribution in [0.5, 0.6) is 0 Å². The molecule has 0 aliphatic rings. The van der Waals surface area contributed by atoms with Gasteiger partial charge in [-0.2, -0.15) is 5.10 Å². The minimum absolute atomic E-state index is 0.843. The van der Waals surface area contributed by atoms with Crippen molar-refractivity contribution in [3.63, 3.8) is 0 Å². The summed E-state index contributed by atoms with van der Waals surface area (Å²) in [6, 6.07) is 14.0. The van der Waals surface area contributed by atoms with Crippen LogP contribution in [0.1, 0.15) is 25.0 Å². The van der Waals surface area contributed by atoms with Crippen molar-refractivity contribution < 1.29 is 0 Å². The van der Waals surface area contributed by atoms with E-state index in [2.05, 4.69) is 34.2 Å². The number of aryl methyl sites for hydroxylation is 1. The third kappa shape index (κ3) is 3.70. The van der Waals surface area contributed by atoms with Gasteiger partial charge in [0.2, 0.25) is 0 Å². The van der Waals surface area contributed by atoms with E-state index in [4.69, 9.17) is 0 Å². The summed E-state index contributed by atoms with van der Waals surface area (Å²) in [6.07, 6.45) is 6.94. The Morgan fingerprint density at radius 1 is 1.00 bits per heavy atom. The van der Waals surface area contributed by atoms with Crippen molar-refractivity contribution in [3.05, 3.63) is 60.6 Å². The maximum absolute atomic E-state index is 4.55. The molecule has 104 valence electrons. The average molecular weight is 275 g/mol. The molecule has 0 bridgehead atoms. The van der Waals surface area contributed by atoms with Crippen molar-refractivity contribution in [2.24, 2.45) is 0 Å². The summed E-state index contributed by atoms with van der Waals surface area (Å²) in [5.74, 6) is 6.25. The Labute approximate surface area is 124 Å². The summed E-state index contributed by atoms with van der Waals surface area (Å²) in [5.41, 5.74) is 1.91. The Morgan fingerprint density at radius 3 is 2.76 bits per heavy atom. The second kappa shape index (κ2) is 6.71. The summed E-state index contributed by atoms with van der Waals surface area (Å²) < 4.78 is 2.02. The van der Waals surface area contributed by atoms with Gasteiger partial charge < -0.3 is 0 Å². The van der Waals surface area contributed by atoms with Crippen LogP contribution in [0.3, 0.4) is 0 Å². The monoisotopic (exact) mass is 275 g/mol.